The molecule has 1 amide bonds. The fourth-order valence-corrected chi connectivity index (χ4v) is 2.75. The van der Waals surface area contributed by atoms with E-state index in [0.29, 0.717) is 16.6 Å². The molecule has 0 aliphatic carbocycles. The molecule has 0 fully saturated rings. The molecule has 0 aliphatic heterocycles. The molecule has 0 spiro atoms. The minimum absolute atomic E-state index is 0.0681. The van der Waals surface area contributed by atoms with Crippen molar-refractivity contribution in [1.29, 1.82) is 0 Å². The Balaban J connectivity index is 1.58. The Kier molecular flexibility index (Phi) is 6.28. The van der Waals surface area contributed by atoms with Gasteiger partial charge < -0.3 is 14.7 Å². The topological polar surface area (TPSA) is 72.5 Å². The Morgan fingerprint density at radius 3 is 2.52 bits per heavy atom. The largest absolute Gasteiger partial charge is 0.333 e. The summed E-state index contributed by atoms with van der Waals surface area (Å²) >= 11 is 0. The number of aryl methyl sites for hydroxylation is 1. The Morgan fingerprint density at radius 1 is 1.10 bits per heavy atom. The second-order valence-corrected chi connectivity index (χ2v) is 6.64. The van der Waals surface area contributed by atoms with Gasteiger partial charge in [-0.15, -0.1) is 0 Å². The lowest BCUT2D eigenvalue weighted by Crippen LogP contribution is -3.08. The number of likely N-dealkylation sites (N-methyl/N-ethyl adjacent to an activating group) is 1. The van der Waals surface area contributed by atoms with Crippen LogP contribution in [-0.2, 0) is 17.8 Å². The molecule has 0 radical (unpaired) electrons. The molecule has 1 unspecified atom stereocenters. The van der Waals surface area contributed by atoms with Crippen molar-refractivity contribution in [2.75, 3.05) is 18.9 Å². The molecule has 152 valence electrons. The lowest BCUT2D eigenvalue weighted by molar-refractivity contribution is -0.886. The summed E-state index contributed by atoms with van der Waals surface area (Å²) in [4.78, 5) is 17.1. The van der Waals surface area contributed by atoms with Gasteiger partial charge in [0.2, 0.25) is 5.82 Å². The zero-order chi connectivity index (χ0) is 21.0. The molecule has 9 heteroatoms. The predicted molar refractivity (Wildman–Crippen MR) is 99.5 cm³/mol. The smallest absolute Gasteiger partial charge is 0.282 e. The first-order valence-electron chi connectivity index (χ1n) is 9.04. The van der Waals surface area contributed by atoms with E-state index in [1.54, 1.807) is 7.05 Å². The van der Waals surface area contributed by atoms with Crippen LogP contribution in [0.3, 0.4) is 0 Å². The van der Waals surface area contributed by atoms with Gasteiger partial charge in [0.05, 0.1) is 12.7 Å². The molecular weight excluding hydrogens is 385 g/mol. The number of nitrogens with one attached hydrogen (secondary N) is 2. The van der Waals surface area contributed by atoms with Gasteiger partial charge in [-0.25, -0.2) is 13.2 Å². The molecule has 0 bridgehead atoms. The average Bonchev–Trinajstić information content (AvgIpc) is 3.16. The highest BCUT2D eigenvalue weighted by atomic mass is 19.2. The van der Waals surface area contributed by atoms with Gasteiger partial charge in [0, 0.05) is 5.56 Å². The third-order valence-electron chi connectivity index (χ3n) is 4.31. The Bertz CT molecular complexity index is 1010. The van der Waals surface area contributed by atoms with E-state index in [2.05, 4.69) is 22.4 Å². The lowest BCUT2D eigenvalue weighted by Gasteiger charge is -2.12. The van der Waals surface area contributed by atoms with Gasteiger partial charge in [-0.1, -0.05) is 36.3 Å². The van der Waals surface area contributed by atoms with Crippen LogP contribution in [-0.4, -0.2) is 29.6 Å². The molecule has 0 saturated heterocycles. The standard InChI is InChI=1S/C20H19F3N4O2/c1-3-12-4-6-13(7-5-12)20-25-17(29-26-20)11-27(2)10-16(28)24-15-9-8-14(21)18(22)19(15)23/h4-9H,3,10-11H2,1-2H3,(H,24,28)/p+1. The van der Waals surface area contributed by atoms with E-state index in [0.717, 1.165) is 24.1 Å². The number of halogens is 3. The van der Waals surface area contributed by atoms with E-state index in [4.69, 9.17) is 4.52 Å². The number of rotatable bonds is 7. The van der Waals surface area contributed by atoms with Gasteiger partial charge in [0.1, 0.15) is 0 Å². The number of hydrogen-bond donors (Lipinski definition) is 2. The van der Waals surface area contributed by atoms with Crippen LogP contribution in [0.1, 0.15) is 18.4 Å². The van der Waals surface area contributed by atoms with E-state index in [-0.39, 0.29) is 13.1 Å². The van der Waals surface area contributed by atoms with Gasteiger partial charge >= 0.3 is 0 Å². The van der Waals surface area contributed by atoms with E-state index >= 15 is 0 Å². The van der Waals surface area contributed by atoms with Crippen molar-refractivity contribution in [2.45, 2.75) is 19.9 Å². The fourth-order valence-electron chi connectivity index (χ4n) is 2.75. The van der Waals surface area contributed by atoms with Gasteiger partial charge in [-0.05, 0) is 24.1 Å². The normalized spacial score (nSPS) is 12.0. The zero-order valence-corrected chi connectivity index (χ0v) is 15.9. The van der Waals surface area contributed by atoms with Crippen molar-refractivity contribution >= 4 is 11.6 Å². The summed E-state index contributed by atoms with van der Waals surface area (Å²) in [6.07, 6.45) is 0.933. The summed E-state index contributed by atoms with van der Waals surface area (Å²) in [5.41, 5.74) is 1.60. The maximum Gasteiger partial charge on any atom is 0.282 e. The Labute approximate surface area is 165 Å². The maximum atomic E-state index is 13.6. The number of amides is 1. The first-order valence-corrected chi connectivity index (χ1v) is 9.04. The van der Waals surface area contributed by atoms with Crippen LogP contribution >= 0.6 is 0 Å². The molecule has 1 aromatic heterocycles. The first-order chi connectivity index (χ1) is 13.9. The van der Waals surface area contributed by atoms with Crippen molar-refractivity contribution in [3.63, 3.8) is 0 Å². The van der Waals surface area contributed by atoms with Crippen molar-refractivity contribution in [1.82, 2.24) is 10.1 Å². The van der Waals surface area contributed by atoms with E-state index < -0.39 is 29.0 Å². The van der Waals surface area contributed by atoms with Crippen molar-refractivity contribution in [3.05, 3.63) is 65.3 Å². The highest BCUT2D eigenvalue weighted by molar-refractivity contribution is 5.91. The quantitative estimate of drug-likeness (QED) is 0.592. The molecule has 3 rings (SSSR count). The summed E-state index contributed by atoms with van der Waals surface area (Å²) in [5.74, 6) is -4.17. The number of carbonyl (C=O) groups is 1. The summed E-state index contributed by atoms with van der Waals surface area (Å²) in [6.45, 7) is 2.26. The highest BCUT2D eigenvalue weighted by Crippen LogP contribution is 2.19. The fraction of sp³-hybridized carbons (Fsp3) is 0.250. The summed E-state index contributed by atoms with van der Waals surface area (Å²) in [6, 6.07) is 9.52. The van der Waals surface area contributed by atoms with Gasteiger partial charge in [0.25, 0.3) is 11.8 Å². The van der Waals surface area contributed by atoms with Crippen LogP contribution in [0.5, 0.6) is 0 Å². The molecule has 6 nitrogen and oxygen atoms in total. The van der Waals surface area contributed by atoms with Gasteiger partial charge in [0.15, 0.2) is 30.5 Å². The van der Waals surface area contributed by atoms with E-state index in [9.17, 15) is 18.0 Å². The van der Waals surface area contributed by atoms with Gasteiger partial charge in [-0.2, -0.15) is 4.98 Å². The van der Waals surface area contributed by atoms with Crippen LogP contribution in [0.4, 0.5) is 18.9 Å². The average molecular weight is 405 g/mol. The van der Waals surface area contributed by atoms with E-state index in [1.807, 2.05) is 24.3 Å². The number of nitrogens with zero attached hydrogens (tertiary/aromatic N) is 2. The summed E-state index contributed by atoms with van der Waals surface area (Å²) < 4.78 is 45.1. The highest BCUT2D eigenvalue weighted by Gasteiger charge is 2.19. The Hall–Kier alpha value is -3.20. The molecule has 0 aliphatic rings. The van der Waals surface area contributed by atoms with Crippen LogP contribution in [0.2, 0.25) is 0 Å². The molecule has 29 heavy (non-hydrogen) atoms. The minimum atomic E-state index is -1.63. The monoisotopic (exact) mass is 405 g/mol. The number of benzene rings is 2. The zero-order valence-electron chi connectivity index (χ0n) is 15.9. The predicted octanol–water partition coefficient (Wildman–Crippen LogP) is 2.37. The van der Waals surface area contributed by atoms with Crippen molar-refractivity contribution in [3.8, 4) is 11.4 Å². The summed E-state index contributed by atoms with van der Waals surface area (Å²) in [5, 5.41) is 6.17. The molecule has 1 atom stereocenters. The van der Waals surface area contributed by atoms with Crippen LogP contribution in [0.25, 0.3) is 11.4 Å². The molecular formula is C20H20F3N4O2+. The van der Waals surface area contributed by atoms with Crippen molar-refractivity contribution < 1.29 is 27.4 Å². The molecule has 1 heterocycles. The second kappa shape index (κ2) is 8.87. The number of carbonyl (C=O) groups excluding carboxylic acids is 1. The number of hydrogen-bond acceptors (Lipinski definition) is 4. The van der Waals surface area contributed by atoms with Crippen LogP contribution in [0.15, 0.2) is 40.9 Å². The first kappa shape index (κ1) is 20.5. The van der Waals surface area contributed by atoms with Gasteiger partial charge in [-0.3, -0.25) is 4.79 Å². The molecule has 2 N–H and O–H groups in total. The van der Waals surface area contributed by atoms with Crippen LogP contribution < -0.4 is 10.2 Å². The lowest BCUT2D eigenvalue weighted by atomic mass is 10.1. The number of quaternary nitrogens is 1. The third kappa shape index (κ3) is 5.00. The Morgan fingerprint density at radius 2 is 1.83 bits per heavy atom. The molecule has 2 aromatic carbocycles. The second-order valence-electron chi connectivity index (χ2n) is 6.64. The molecule has 3 aromatic rings. The van der Waals surface area contributed by atoms with Crippen molar-refractivity contribution in [2.24, 2.45) is 0 Å². The summed E-state index contributed by atoms with van der Waals surface area (Å²) in [7, 11) is 1.71. The SMILES string of the molecule is CCc1ccc(-c2noc(C[NH+](C)CC(=O)Nc3ccc(F)c(F)c3F)n2)cc1. The number of anilines is 1. The third-order valence-corrected chi connectivity index (χ3v) is 4.31. The molecule has 0 saturated carbocycles. The minimum Gasteiger partial charge on any atom is -0.333 e. The maximum absolute atomic E-state index is 13.6. The van der Waals surface area contributed by atoms with Crippen LogP contribution in [0, 0.1) is 17.5 Å². The van der Waals surface area contributed by atoms with E-state index in [1.165, 1.54) is 5.56 Å². The number of aromatic nitrogens is 2.